The van der Waals surface area contributed by atoms with Crippen molar-refractivity contribution in [2.24, 2.45) is 0 Å². The first-order chi connectivity index (χ1) is 32.2. The second-order valence-corrected chi connectivity index (χ2v) is 22.8. The lowest BCUT2D eigenvalue weighted by Crippen LogP contribution is -2.11. The molecular weight excluding hydrogens is 827 g/mol. The summed E-state index contributed by atoms with van der Waals surface area (Å²) in [6.45, 7) is 27.2. The molecule has 0 unspecified atom stereocenters. The number of rotatable bonds is 5. The van der Waals surface area contributed by atoms with Gasteiger partial charge in [-0.05, 0) is 111 Å². The van der Waals surface area contributed by atoms with Crippen molar-refractivity contribution in [2.45, 2.75) is 105 Å². The molecule has 0 spiro atoms. The minimum atomic E-state index is -0.0613. The highest BCUT2D eigenvalue weighted by Crippen LogP contribution is 2.44. The van der Waals surface area contributed by atoms with Gasteiger partial charge in [0, 0.05) is 38.2 Å². The third-order valence-electron chi connectivity index (χ3n) is 13.8. The fourth-order valence-corrected chi connectivity index (χ4v) is 9.73. The van der Waals surface area contributed by atoms with Crippen LogP contribution in [0.3, 0.4) is 0 Å². The normalized spacial score (nSPS) is 12.7. The van der Waals surface area contributed by atoms with Gasteiger partial charge in [-0.15, -0.1) is 0 Å². The van der Waals surface area contributed by atoms with Gasteiger partial charge in [0.15, 0.2) is 5.82 Å². The summed E-state index contributed by atoms with van der Waals surface area (Å²) in [5.74, 6) is 0.573. The van der Waals surface area contributed by atoms with Crippen molar-refractivity contribution in [1.82, 2.24) is 19.1 Å². The summed E-state index contributed by atoms with van der Waals surface area (Å²) in [5, 5.41) is 16.2. The molecule has 0 saturated heterocycles. The van der Waals surface area contributed by atoms with Crippen LogP contribution in [0.15, 0.2) is 152 Å². The van der Waals surface area contributed by atoms with Crippen LogP contribution in [0.1, 0.15) is 111 Å². The highest BCUT2D eigenvalue weighted by molar-refractivity contribution is 6.12. The second-order valence-electron chi connectivity index (χ2n) is 22.8. The molecular formula is C63H61N5. The lowest BCUT2D eigenvalue weighted by Gasteiger charge is -2.21. The summed E-state index contributed by atoms with van der Waals surface area (Å²) in [6.07, 6.45) is 0. The Morgan fingerprint density at radius 3 is 1.04 bits per heavy atom. The van der Waals surface area contributed by atoms with E-state index in [9.17, 15) is 5.26 Å². The topological polar surface area (TPSA) is 59.4 Å². The van der Waals surface area contributed by atoms with E-state index in [4.69, 9.17) is 9.97 Å². The van der Waals surface area contributed by atoms with E-state index in [0.29, 0.717) is 11.4 Å². The Labute approximate surface area is 401 Å². The average Bonchev–Trinajstić information content (AvgIpc) is 3.81. The van der Waals surface area contributed by atoms with Gasteiger partial charge in [-0.25, -0.2) is 9.97 Å². The minimum Gasteiger partial charge on any atom is -0.308 e. The quantitative estimate of drug-likeness (QED) is 0.173. The lowest BCUT2D eigenvalue weighted by molar-refractivity contribution is 0.590. The van der Waals surface area contributed by atoms with Crippen molar-refractivity contribution >= 4 is 43.6 Å². The molecule has 3 aromatic heterocycles. The van der Waals surface area contributed by atoms with Gasteiger partial charge in [0.1, 0.15) is 6.07 Å². The van der Waals surface area contributed by atoms with E-state index in [-0.39, 0.29) is 21.7 Å². The third kappa shape index (κ3) is 7.76. The number of nitriles is 1. The minimum absolute atomic E-state index is 0.0575. The highest BCUT2D eigenvalue weighted by atomic mass is 15.0. The Morgan fingerprint density at radius 2 is 0.721 bits per heavy atom. The van der Waals surface area contributed by atoms with Crippen LogP contribution in [0, 0.1) is 11.3 Å². The number of fused-ring (bicyclic) bond motifs is 6. The molecule has 0 aliphatic carbocycles. The molecule has 0 aliphatic rings. The van der Waals surface area contributed by atoms with Crippen molar-refractivity contribution in [1.29, 1.82) is 5.26 Å². The van der Waals surface area contributed by atoms with Crippen molar-refractivity contribution in [2.75, 3.05) is 0 Å². The van der Waals surface area contributed by atoms with Gasteiger partial charge in [0.25, 0.3) is 0 Å². The molecule has 0 fully saturated rings. The summed E-state index contributed by atoms with van der Waals surface area (Å²) in [4.78, 5) is 11.0. The van der Waals surface area contributed by atoms with E-state index >= 15 is 0 Å². The highest BCUT2D eigenvalue weighted by Gasteiger charge is 2.27. The van der Waals surface area contributed by atoms with Gasteiger partial charge in [-0.2, -0.15) is 5.26 Å². The van der Waals surface area contributed by atoms with Gasteiger partial charge < -0.3 is 9.13 Å². The standard InChI is InChI=1S/C63H61N5/c1-60(2,3)42-23-27-53-46(32-42)47-33-43(61(4,5)6)24-28-54(47)67(53)57-36-50(59-65-51(39-19-15-13-16-20-39)37-52(66-59)40-21-17-14-18-22-40)58(31-41(57)38-64)68-55-29-25-44(62(7,8)9)34-48(55)49-35-45(63(10,11)12)26-30-56(49)68/h13-37H,1-12H3. The Bertz CT molecular complexity index is 3440. The van der Waals surface area contributed by atoms with Crippen LogP contribution in [0.5, 0.6) is 0 Å². The molecule has 68 heavy (non-hydrogen) atoms. The van der Waals surface area contributed by atoms with E-state index < -0.39 is 0 Å². The molecule has 338 valence electrons. The van der Waals surface area contributed by atoms with E-state index in [2.05, 4.69) is 238 Å². The lowest BCUT2D eigenvalue weighted by atomic mass is 9.85. The molecule has 0 bridgehead atoms. The summed E-state index contributed by atoms with van der Waals surface area (Å²) < 4.78 is 4.65. The smallest absolute Gasteiger partial charge is 0.162 e. The number of benzene rings is 7. The van der Waals surface area contributed by atoms with Gasteiger partial charge in [0.2, 0.25) is 0 Å². The molecule has 0 N–H and O–H groups in total. The third-order valence-corrected chi connectivity index (χ3v) is 13.8. The first kappa shape index (κ1) is 44.5. The second kappa shape index (κ2) is 15.9. The van der Waals surface area contributed by atoms with Crippen LogP contribution in [0.2, 0.25) is 0 Å². The zero-order valence-electron chi connectivity index (χ0n) is 41.7. The largest absolute Gasteiger partial charge is 0.308 e. The Morgan fingerprint density at radius 1 is 0.382 bits per heavy atom. The van der Waals surface area contributed by atoms with Gasteiger partial charge in [-0.1, -0.05) is 168 Å². The first-order valence-electron chi connectivity index (χ1n) is 24.0. The Hall–Kier alpha value is -7.29. The monoisotopic (exact) mass is 887 g/mol. The molecule has 0 radical (unpaired) electrons. The number of aromatic nitrogens is 4. The Kier molecular flexibility index (Phi) is 10.4. The number of hydrogen-bond acceptors (Lipinski definition) is 3. The van der Waals surface area contributed by atoms with E-state index in [1.54, 1.807) is 0 Å². The molecule has 0 amide bonds. The molecule has 7 aromatic carbocycles. The number of hydrogen-bond donors (Lipinski definition) is 0. The molecule has 5 heteroatoms. The number of nitrogens with zero attached hydrogens (tertiary/aromatic N) is 5. The molecule has 0 atom stereocenters. The fourth-order valence-electron chi connectivity index (χ4n) is 9.73. The molecule has 10 aromatic rings. The molecule has 5 nitrogen and oxygen atoms in total. The van der Waals surface area contributed by atoms with Crippen molar-refractivity contribution in [3.05, 3.63) is 179 Å². The fraction of sp³-hybridized carbons (Fsp3) is 0.254. The van der Waals surface area contributed by atoms with Crippen LogP contribution in [0.25, 0.3) is 88.9 Å². The predicted molar refractivity (Wildman–Crippen MR) is 287 cm³/mol. The van der Waals surface area contributed by atoms with E-state index in [1.807, 2.05) is 12.1 Å². The maximum Gasteiger partial charge on any atom is 0.162 e. The zero-order valence-corrected chi connectivity index (χ0v) is 41.7. The van der Waals surface area contributed by atoms with E-state index in [1.165, 1.54) is 33.0 Å². The maximum atomic E-state index is 11.5. The van der Waals surface area contributed by atoms with E-state index in [0.717, 1.165) is 72.3 Å². The summed E-state index contributed by atoms with van der Waals surface area (Å²) in [6, 6.07) is 57.3. The van der Waals surface area contributed by atoms with Crippen LogP contribution >= 0.6 is 0 Å². The van der Waals surface area contributed by atoms with Crippen LogP contribution < -0.4 is 0 Å². The molecule has 0 saturated carbocycles. The summed E-state index contributed by atoms with van der Waals surface area (Å²) >= 11 is 0. The van der Waals surface area contributed by atoms with Crippen molar-refractivity contribution < 1.29 is 0 Å². The van der Waals surface area contributed by atoms with Crippen molar-refractivity contribution in [3.63, 3.8) is 0 Å². The molecule has 0 aliphatic heterocycles. The van der Waals surface area contributed by atoms with Gasteiger partial charge >= 0.3 is 0 Å². The van der Waals surface area contributed by atoms with Crippen LogP contribution in [0.4, 0.5) is 0 Å². The zero-order chi connectivity index (χ0) is 48.1. The summed E-state index contributed by atoms with van der Waals surface area (Å²) in [5.41, 5.74) is 15.6. The van der Waals surface area contributed by atoms with Crippen molar-refractivity contribution in [3.8, 4) is 51.3 Å². The maximum absolute atomic E-state index is 11.5. The molecule has 10 rings (SSSR count). The average molecular weight is 888 g/mol. The predicted octanol–water partition coefficient (Wildman–Crippen LogP) is 16.7. The van der Waals surface area contributed by atoms with Gasteiger partial charge in [-0.3, -0.25) is 0 Å². The van der Waals surface area contributed by atoms with Crippen LogP contribution in [-0.2, 0) is 21.7 Å². The SMILES string of the molecule is CC(C)(C)c1ccc2c(c1)c1cc(C(C)(C)C)ccc1n2-c1cc(-c2nc(-c3ccccc3)cc(-c3ccccc3)n2)c(-n2c3ccc(C(C)(C)C)cc3c3cc(C(C)(C)C)ccc32)cc1C#N. The molecule has 3 heterocycles. The van der Waals surface area contributed by atoms with Gasteiger partial charge in [0.05, 0.1) is 50.4 Å². The summed E-state index contributed by atoms with van der Waals surface area (Å²) in [7, 11) is 0. The Balaban J connectivity index is 1.37. The van der Waals surface area contributed by atoms with Crippen LogP contribution in [-0.4, -0.2) is 19.1 Å². The first-order valence-corrected chi connectivity index (χ1v) is 24.0.